The van der Waals surface area contributed by atoms with Crippen LogP contribution >= 0.6 is 11.6 Å². The number of allylic oxidation sites excluding steroid dienone is 1. The van der Waals surface area contributed by atoms with Gasteiger partial charge in [-0.05, 0) is 12.0 Å². The van der Waals surface area contributed by atoms with E-state index in [9.17, 15) is 19.2 Å². The van der Waals surface area contributed by atoms with E-state index in [-0.39, 0.29) is 45.4 Å². The Morgan fingerprint density at radius 3 is 2.33 bits per heavy atom. The quantitative estimate of drug-likeness (QED) is 0.483. The van der Waals surface area contributed by atoms with Crippen molar-refractivity contribution >= 4 is 29.0 Å². The molecule has 40 heavy (non-hydrogen) atoms. The van der Waals surface area contributed by atoms with Gasteiger partial charge < -0.3 is 19.5 Å². The number of carbonyl (C=O) groups excluding carboxylic acids is 2. The third kappa shape index (κ3) is 3.16. The Morgan fingerprint density at radius 2 is 1.68 bits per heavy atom. The van der Waals surface area contributed by atoms with Gasteiger partial charge in [-0.3, -0.25) is 23.5 Å². The first-order chi connectivity index (χ1) is 19.1. The van der Waals surface area contributed by atoms with Gasteiger partial charge in [0.2, 0.25) is 17.2 Å². The summed E-state index contributed by atoms with van der Waals surface area (Å²) in [5.41, 5.74) is -1.27. The molecular formula is C29H26ClN3O7. The van der Waals surface area contributed by atoms with Gasteiger partial charge in [0.15, 0.2) is 5.75 Å². The lowest BCUT2D eigenvalue weighted by atomic mass is 9.66. The summed E-state index contributed by atoms with van der Waals surface area (Å²) in [6.07, 6.45) is 0.226. The van der Waals surface area contributed by atoms with Crippen LogP contribution in [-0.4, -0.2) is 40.5 Å². The first-order valence-electron chi connectivity index (χ1n) is 12.7. The number of carbonyl (C=O) groups is 2. The van der Waals surface area contributed by atoms with E-state index in [2.05, 4.69) is 5.32 Å². The number of rotatable bonds is 3. The van der Waals surface area contributed by atoms with Gasteiger partial charge in [0.05, 0.1) is 19.8 Å². The van der Waals surface area contributed by atoms with Gasteiger partial charge in [-0.25, -0.2) is 4.79 Å². The van der Waals surface area contributed by atoms with E-state index in [4.69, 9.17) is 25.8 Å². The van der Waals surface area contributed by atoms with Gasteiger partial charge >= 0.3 is 5.69 Å². The molecule has 0 unspecified atom stereocenters. The van der Waals surface area contributed by atoms with Crippen molar-refractivity contribution in [3.63, 3.8) is 0 Å². The molecule has 0 fully saturated rings. The minimum Gasteiger partial charge on any atom is -0.496 e. The van der Waals surface area contributed by atoms with Crippen molar-refractivity contribution in [3.8, 4) is 17.2 Å². The van der Waals surface area contributed by atoms with Gasteiger partial charge in [0.1, 0.15) is 27.9 Å². The van der Waals surface area contributed by atoms with Crippen LogP contribution in [-0.2, 0) is 18.9 Å². The molecule has 6 rings (SSSR count). The molecule has 3 heterocycles. The van der Waals surface area contributed by atoms with Crippen LogP contribution in [0.3, 0.4) is 0 Å². The Labute approximate surface area is 233 Å². The first-order valence-corrected chi connectivity index (χ1v) is 13.0. The highest BCUT2D eigenvalue weighted by Gasteiger charge is 2.63. The number of methoxy groups -OCH3 is 2. The number of fused-ring (bicyclic) bond motifs is 2. The van der Waals surface area contributed by atoms with Crippen LogP contribution in [0.4, 0.5) is 5.82 Å². The maximum Gasteiger partial charge on any atom is 0.332 e. The molecular weight excluding hydrogens is 538 g/mol. The third-order valence-corrected chi connectivity index (χ3v) is 8.57. The standard InChI is InChI=1S/C29H26ClN3O7/c1-13-11-15-19(24(34)29(13)25(35)20-16(38-4)12-17(39-5)22(30)23(20)40-29)18(14-9-7-6-8-10-14)21-26(31-15)32(2)28(37)33(3)27(21)36/h6-10,12-13,18,31H,11H2,1-5H3/t13-,18+,29+/m1/s1. The lowest BCUT2D eigenvalue weighted by Crippen LogP contribution is -2.58. The number of Topliss-reactive ketones (excluding diaryl/α,β-unsaturated/α-hetero) is 2. The van der Waals surface area contributed by atoms with E-state index in [1.165, 1.54) is 31.9 Å². The van der Waals surface area contributed by atoms with E-state index >= 15 is 0 Å². The van der Waals surface area contributed by atoms with Gasteiger partial charge in [-0.15, -0.1) is 0 Å². The van der Waals surface area contributed by atoms with Crippen LogP contribution in [0.5, 0.6) is 17.2 Å². The molecule has 1 aromatic heterocycles. The summed E-state index contributed by atoms with van der Waals surface area (Å²) in [4.78, 5) is 55.4. The fourth-order valence-corrected chi connectivity index (χ4v) is 6.43. The van der Waals surface area contributed by atoms with Crippen molar-refractivity contribution in [1.82, 2.24) is 9.13 Å². The summed E-state index contributed by atoms with van der Waals surface area (Å²) in [5.74, 6) is -1.91. The molecule has 0 saturated carbocycles. The largest absolute Gasteiger partial charge is 0.496 e. The summed E-state index contributed by atoms with van der Waals surface area (Å²) in [6.45, 7) is 1.75. The zero-order valence-electron chi connectivity index (χ0n) is 22.5. The van der Waals surface area contributed by atoms with Crippen LogP contribution in [0.25, 0.3) is 0 Å². The number of nitrogens with zero attached hydrogens (tertiary/aromatic N) is 2. The third-order valence-electron chi connectivity index (χ3n) is 8.21. The second-order valence-electron chi connectivity index (χ2n) is 10.2. The number of ether oxygens (including phenoxy) is 3. The number of ketones is 2. The van der Waals surface area contributed by atoms with E-state index in [0.717, 1.165) is 4.57 Å². The highest BCUT2D eigenvalue weighted by molar-refractivity contribution is 6.36. The minimum absolute atomic E-state index is 0.0193. The SMILES string of the molecule is COc1cc(OC)c2c(c1Cl)O[C@@]1(C(=O)C3=C(C[C@H]1C)Nc1c(c(=O)n(C)c(=O)n1C)[C@H]3c1ccccc1)C2=O. The van der Waals surface area contributed by atoms with Crippen LogP contribution in [0.1, 0.15) is 40.7 Å². The topological polar surface area (TPSA) is 118 Å². The maximum absolute atomic E-state index is 14.7. The van der Waals surface area contributed by atoms with Gasteiger partial charge in [0, 0.05) is 43.3 Å². The number of hydrogen-bond donors (Lipinski definition) is 1. The Kier molecular flexibility index (Phi) is 5.74. The van der Waals surface area contributed by atoms with Crippen molar-refractivity contribution in [2.45, 2.75) is 24.9 Å². The highest BCUT2D eigenvalue weighted by Crippen LogP contribution is 2.56. The Balaban J connectivity index is 1.61. The van der Waals surface area contributed by atoms with Crippen LogP contribution in [0.2, 0.25) is 5.02 Å². The fourth-order valence-electron chi connectivity index (χ4n) is 6.17. The maximum atomic E-state index is 14.7. The smallest absolute Gasteiger partial charge is 0.332 e. The van der Waals surface area contributed by atoms with Crippen molar-refractivity contribution in [3.05, 3.63) is 90.2 Å². The predicted octanol–water partition coefficient (Wildman–Crippen LogP) is 3.19. The van der Waals surface area contributed by atoms with Crippen molar-refractivity contribution < 1.29 is 23.8 Å². The van der Waals surface area contributed by atoms with E-state index in [1.54, 1.807) is 26.1 Å². The van der Waals surface area contributed by atoms with Crippen molar-refractivity contribution in [1.29, 1.82) is 0 Å². The molecule has 1 aliphatic carbocycles. The summed E-state index contributed by atoms with van der Waals surface area (Å²) in [6, 6.07) is 10.5. The molecule has 0 bridgehead atoms. The predicted molar refractivity (Wildman–Crippen MR) is 147 cm³/mol. The fraction of sp³-hybridized carbons (Fsp3) is 0.310. The lowest BCUT2D eigenvalue weighted by Gasteiger charge is -2.42. The first kappa shape index (κ1) is 25.9. The molecule has 3 aromatic rings. The summed E-state index contributed by atoms with van der Waals surface area (Å²) in [7, 11) is 5.79. The molecule has 10 nitrogen and oxygen atoms in total. The molecule has 206 valence electrons. The number of halogens is 1. The minimum atomic E-state index is -1.94. The van der Waals surface area contributed by atoms with Crippen molar-refractivity contribution in [2.24, 2.45) is 20.0 Å². The van der Waals surface area contributed by atoms with Crippen LogP contribution in [0.15, 0.2) is 57.3 Å². The van der Waals surface area contributed by atoms with Gasteiger partial charge in [0.25, 0.3) is 5.56 Å². The lowest BCUT2D eigenvalue weighted by molar-refractivity contribution is -0.130. The molecule has 0 radical (unpaired) electrons. The average Bonchev–Trinajstić information content (AvgIpc) is 3.28. The zero-order chi connectivity index (χ0) is 28.7. The number of benzene rings is 2. The number of hydrogen-bond acceptors (Lipinski definition) is 8. The molecule has 3 aliphatic rings. The molecule has 1 N–H and O–H groups in total. The average molecular weight is 564 g/mol. The molecule has 0 amide bonds. The van der Waals surface area contributed by atoms with Gasteiger partial charge in [-0.2, -0.15) is 0 Å². The zero-order valence-corrected chi connectivity index (χ0v) is 23.2. The second kappa shape index (κ2) is 8.85. The summed E-state index contributed by atoms with van der Waals surface area (Å²) in [5, 5.41) is 3.26. The van der Waals surface area contributed by atoms with Crippen LogP contribution in [0, 0.1) is 5.92 Å². The molecule has 2 aliphatic heterocycles. The summed E-state index contributed by atoms with van der Waals surface area (Å²) < 4.78 is 19.5. The molecule has 0 saturated heterocycles. The Bertz CT molecular complexity index is 1790. The number of aromatic nitrogens is 2. The number of nitrogens with one attached hydrogen (secondary N) is 1. The Morgan fingerprint density at radius 1 is 1.00 bits per heavy atom. The monoisotopic (exact) mass is 563 g/mol. The molecule has 3 atom stereocenters. The molecule has 2 aromatic carbocycles. The summed E-state index contributed by atoms with van der Waals surface area (Å²) >= 11 is 6.58. The van der Waals surface area contributed by atoms with Crippen LogP contribution < -0.4 is 30.8 Å². The van der Waals surface area contributed by atoms with Crippen molar-refractivity contribution in [2.75, 3.05) is 19.5 Å². The Hall–Kier alpha value is -4.31. The van der Waals surface area contributed by atoms with Gasteiger partial charge in [-0.1, -0.05) is 48.9 Å². The number of anilines is 1. The van der Waals surface area contributed by atoms with E-state index in [0.29, 0.717) is 17.1 Å². The van der Waals surface area contributed by atoms with E-state index in [1.807, 2.05) is 18.2 Å². The van der Waals surface area contributed by atoms with E-state index < -0.39 is 40.3 Å². The highest BCUT2D eigenvalue weighted by atomic mass is 35.5. The molecule has 1 spiro atoms. The molecule has 11 heteroatoms. The second-order valence-corrected chi connectivity index (χ2v) is 10.6. The normalized spacial score (nSPS) is 22.9.